The maximum absolute atomic E-state index is 13.3. The van der Waals surface area contributed by atoms with Gasteiger partial charge in [0, 0.05) is 19.2 Å². The van der Waals surface area contributed by atoms with E-state index >= 15 is 0 Å². The average Bonchev–Trinajstić information content (AvgIpc) is 2.27. The van der Waals surface area contributed by atoms with Crippen LogP contribution < -0.4 is 4.74 Å². The van der Waals surface area contributed by atoms with E-state index in [0.717, 1.165) is 0 Å². The van der Waals surface area contributed by atoms with Crippen LogP contribution in [0.25, 0.3) is 0 Å². The van der Waals surface area contributed by atoms with Gasteiger partial charge < -0.3 is 9.47 Å². The summed E-state index contributed by atoms with van der Waals surface area (Å²) in [6.07, 6.45) is 0. The number of methoxy groups -OCH3 is 1. The number of hydrogen-bond acceptors (Lipinski definition) is 6. The third-order valence-corrected chi connectivity index (χ3v) is 2.86. The highest BCUT2D eigenvalue weighted by atomic mass is 32.3. The molecule has 1 aromatic carbocycles. The molecule has 0 aliphatic heterocycles. The first-order chi connectivity index (χ1) is 8.77. The van der Waals surface area contributed by atoms with Crippen LogP contribution in [-0.4, -0.2) is 33.7 Å². The normalized spacial score (nSPS) is 11.3. The van der Waals surface area contributed by atoms with Crippen molar-refractivity contribution in [3.8, 4) is 5.75 Å². The fourth-order valence-electron chi connectivity index (χ4n) is 1.20. The Kier molecular flexibility index (Phi) is 4.72. The number of nitro groups is 1. The molecular weight excluding hydrogens is 288 g/mol. The number of ether oxygens (including phenoxy) is 2. The summed E-state index contributed by atoms with van der Waals surface area (Å²) >= 11 is 0. The van der Waals surface area contributed by atoms with E-state index in [0.29, 0.717) is 6.07 Å². The summed E-state index contributed by atoms with van der Waals surface area (Å²) in [7, 11) is -4.03. The van der Waals surface area contributed by atoms with E-state index in [1.807, 2.05) is 0 Å². The lowest BCUT2D eigenvalue weighted by Crippen LogP contribution is -2.07. The Hall–Kier alpha value is -1.81. The van der Waals surface area contributed by atoms with Gasteiger partial charge in [-0.05, 0) is 0 Å². The van der Waals surface area contributed by atoms with E-state index in [-0.39, 0.29) is 19.3 Å². The Bertz CT molecular complexity index is 589. The summed E-state index contributed by atoms with van der Waals surface area (Å²) in [5.41, 5.74) is -0.853. The molecule has 0 aromatic heterocycles. The molecule has 0 atom stereocenters. The third-order valence-electron chi connectivity index (χ3n) is 2.02. The van der Waals surface area contributed by atoms with E-state index < -0.39 is 37.3 Å². The highest BCUT2D eigenvalue weighted by molar-refractivity contribution is 7.86. The van der Waals surface area contributed by atoms with Crippen molar-refractivity contribution in [3.05, 3.63) is 28.1 Å². The van der Waals surface area contributed by atoms with Crippen LogP contribution in [0.4, 0.5) is 14.0 Å². The predicted octanol–water partition coefficient (Wildman–Crippen LogP) is 1.42. The molecular formula is C9H9F2NO6S. The molecule has 0 radical (unpaired) electrons. The fourth-order valence-corrected chi connectivity index (χ4v) is 1.75. The Labute approximate surface area is 107 Å². The highest BCUT2D eigenvalue weighted by Crippen LogP contribution is 2.32. The summed E-state index contributed by atoms with van der Waals surface area (Å²) in [4.78, 5) is 8.29. The van der Waals surface area contributed by atoms with Gasteiger partial charge in [0.25, 0.3) is 0 Å². The zero-order chi connectivity index (χ0) is 14.6. The fraction of sp³-hybridized carbons (Fsp3) is 0.333. The van der Waals surface area contributed by atoms with Gasteiger partial charge in [0.2, 0.25) is 0 Å². The maximum atomic E-state index is 13.3. The van der Waals surface area contributed by atoms with Crippen molar-refractivity contribution in [1.82, 2.24) is 0 Å². The first-order valence-corrected chi connectivity index (χ1v) is 6.20. The van der Waals surface area contributed by atoms with Crippen LogP contribution in [0.15, 0.2) is 17.0 Å². The lowest BCUT2D eigenvalue weighted by Gasteiger charge is -2.07. The van der Waals surface area contributed by atoms with E-state index in [1.165, 1.54) is 7.11 Å². The number of nitro benzene ring substituents is 1. The SMILES string of the molecule is COCCOc1cc(F)c(S(=O)(=O)F)cc1[N+](=O)[O-]. The third kappa shape index (κ3) is 3.83. The van der Waals surface area contributed by atoms with Crippen molar-refractivity contribution < 1.29 is 31.1 Å². The van der Waals surface area contributed by atoms with Crippen molar-refractivity contribution in [1.29, 1.82) is 0 Å². The summed E-state index contributed by atoms with van der Waals surface area (Å²) in [5.74, 6) is -1.98. The summed E-state index contributed by atoms with van der Waals surface area (Å²) in [5, 5.41) is 10.7. The van der Waals surface area contributed by atoms with Crippen LogP contribution in [-0.2, 0) is 15.0 Å². The van der Waals surface area contributed by atoms with Gasteiger partial charge in [0.15, 0.2) is 5.75 Å². The Morgan fingerprint density at radius 1 is 1.37 bits per heavy atom. The minimum absolute atomic E-state index is 0.0853. The van der Waals surface area contributed by atoms with Crippen LogP contribution >= 0.6 is 0 Å². The summed E-state index contributed by atoms with van der Waals surface area (Å²) in [6, 6.07) is 0.715. The van der Waals surface area contributed by atoms with Crippen molar-refractivity contribution in [2.24, 2.45) is 0 Å². The zero-order valence-corrected chi connectivity index (χ0v) is 10.4. The second-order valence-corrected chi connectivity index (χ2v) is 4.60. The molecule has 0 aliphatic carbocycles. The van der Waals surface area contributed by atoms with Crippen molar-refractivity contribution in [2.75, 3.05) is 20.3 Å². The molecule has 0 unspecified atom stereocenters. The first-order valence-electron chi connectivity index (χ1n) is 4.81. The van der Waals surface area contributed by atoms with E-state index in [4.69, 9.17) is 4.74 Å². The highest BCUT2D eigenvalue weighted by Gasteiger charge is 2.26. The summed E-state index contributed by atoms with van der Waals surface area (Å²) in [6.45, 7) is -0.0273. The predicted molar refractivity (Wildman–Crippen MR) is 58.7 cm³/mol. The van der Waals surface area contributed by atoms with Crippen LogP contribution in [0.5, 0.6) is 5.75 Å². The lowest BCUT2D eigenvalue weighted by molar-refractivity contribution is -0.386. The molecule has 19 heavy (non-hydrogen) atoms. The molecule has 1 aromatic rings. The largest absolute Gasteiger partial charge is 0.484 e. The minimum atomic E-state index is -5.39. The Morgan fingerprint density at radius 2 is 2.00 bits per heavy atom. The van der Waals surface area contributed by atoms with Crippen LogP contribution in [0.3, 0.4) is 0 Å². The van der Waals surface area contributed by atoms with Gasteiger partial charge in [-0.2, -0.15) is 8.42 Å². The molecule has 0 bridgehead atoms. The molecule has 1 rings (SSSR count). The monoisotopic (exact) mass is 297 g/mol. The zero-order valence-electron chi connectivity index (χ0n) is 9.63. The molecule has 0 amide bonds. The molecule has 0 spiro atoms. The second kappa shape index (κ2) is 5.89. The molecule has 106 valence electrons. The Balaban J connectivity index is 3.26. The number of benzene rings is 1. The molecule has 7 nitrogen and oxygen atoms in total. The minimum Gasteiger partial charge on any atom is -0.484 e. The lowest BCUT2D eigenvalue weighted by atomic mass is 10.3. The summed E-state index contributed by atoms with van der Waals surface area (Å²) < 4.78 is 56.8. The van der Waals surface area contributed by atoms with Gasteiger partial charge >= 0.3 is 15.9 Å². The van der Waals surface area contributed by atoms with Gasteiger partial charge in [-0.15, -0.1) is 3.89 Å². The number of rotatable bonds is 6. The van der Waals surface area contributed by atoms with Gasteiger partial charge in [0.05, 0.1) is 11.5 Å². The Morgan fingerprint density at radius 3 is 2.47 bits per heavy atom. The van der Waals surface area contributed by atoms with Crippen molar-refractivity contribution >= 4 is 15.9 Å². The van der Waals surface area contributed by atoms with Gasteiger partial charge in [-0.3, -0.25) is 10.1 Å². The average molecular weight is 297 g/mol. The molecule has 0 saturated carbocycles. The van der Waals surface area contributed by atoms with Crippen molar-refractivity contribution in [3.63, 3.8) is 0 Å². The van der Waals surface area contributed by atoms with Gasteiger partial charge in [-0.25, -0.2) is 4.39 Å². The van der Waals surface area contributed by atoms with Crippen LogP contribution in [0, 0.1) is 15.9 Å². The van der Waals surface area contributed by atoms with E-state index in [9.17, 15) is 26.8 Å². The molecule has 10 heteroatoms. The van der Waals surface area contributed by atoms with Gasteiger partial charge in [0.1, 0.15) is 17.3 Å². The van der Waals surface area contributed by atoms with E-state index in [2.05, 4.69) is 4.74 Å². The smallest absolute Gasteiger partial charge is 0.335 e. The molecule has 0 heterocycles. The standard InChI is InChI=1S/C9H9F2NO6S/c1-17-2-3-18-8-4-6(10)9(19(11,15)16)5-7(8)12(13)14/h4-5H,2-3H2,1H3. The van der Waals surface area contributed by atoms with Gasteiger partial charge in [-0.1, -0.05) is 0 Å². The van der Waals surface area contributed by atoms with Crippen LogP contribution in [0.2, 0.25) is 0 Å². The maximum Gasteiger partial charge on any atom is 0.335 e. The quantitative estimate of drug-likeness (QED) is 0.341. The molecule has 0 N–H and O–H groups in total. The first kappa shape index (κ1) is 15.2. The number of halogens is 2. The topological polar surface area (TPSA) is 95.7 Å². The molecule has 0 aliphatic rings. The number of nitrogens with zero attached hydrogens (tertiary/aromatic N) is 1. The number of hydrogen-bond donors (Lipinski definition) is 0. The second-order valence-electron chi connectivity index (χ2n) is 3.29. The van der Waals surface area contributed by atoms with Crippen LogP contribution in [0.1, 0.15) is 0 Å². The van der Waals surface area contributed by atoms with Crippen molar-refractivity contribution in [2.45, 2.75) is 4.90 Å². The molecule has 0 saturated heterocycles. The van der Waals surface area contributed by atoms with E-state index in [1.54, 1.807) is 0 Å². The molecule has 0 fully saturated rings.